The summed E-state index contributed by atoms with van der Waals surface area (Å²) in [5.74, 6) is 0.544. The van der Waals surface area contributed by atoms with E-state index in [9.17, 15) is 0 Å². The molecule has 1 saturated heterocycles. The predicted octanol–water partition coefficient (Wildman–Crippen LogP) is 4.64. The van der Waals surface area contributed by atoms with Gasteiger partial charge < -0.3 is 25.2 Å². The maximum absolute atomic E-state index is 15.3. The Balaban J connectivity index is 2.22. The first-order chi connectivity index (χ1) is 15.9. The molecule has 0 radical (unpaired) electrons. The summed E-state index contributed by atoms with van der Waals surface area (Å²) in [5, 5.41) is 6.33. The van der Waals surface area contributed by atoms with Gasteiger partial charge in [-0.25, -0.2) is 4.39 Å². The van der Waals surface area contributed by atoms with Crippen molar-refractivity contribution in [3.63, 3.8) is 0 Å². The molecule has 0 spiro atoms. The van der Waals surface area contributed by atoms with Gasteiger partial charge in [0.25, 0.3) is 0 Å². The van der Waals surface area contributed by atoms with Crippen molar-refractivity contribution < 1.29 is 4.39 Å². The normalized spacial score (nSPS) is 16.4. The molecule has 0 bridgehead atoms. The Labute approximate surface area is 203 Å². The molecule has 1 fully saturated rings. The Bertz CT molecular complexity index is 871. The fraction of sp³-hybridized carbons (Fsp3) is 0.480. The molecule has 0 atom stereocenters. The minimum atomic E-state index is -0.360. The highest BCUT2D eigenvalue weighted by atomic mass is 32.2. The number of rotatable bonds is 12. The van der Waals surface area contributed by atoms with Crippen molar-refractivity contribution >= 4 is 23.3 Å². The fourth-order valence-electron chi connectivity index (χ4n) is 3.48. The van der Waals surface area contributed by atoms with E-state index in [0.717, 1.165) is 61.8 Å². The number of pyridine rings is 1. The summed E-state index contributed by atoms with van der Waals surface area (Å²) < 4.78 is 18.4. The lowest BCUT2D eigenvalue weighted by Gasteiger charge is -2.35. The van der Waals surface area contributed by atoms with Crippen molar-refractivity contribution in [3.8, 4) is 0 Å². The molecule has 1 aromatic heterocycles. The van der Waals surface area contributed by atoms with Gasteiger partial charge in [0.1, 0.15) is 0 Å². The molecule has 2 rings (SSSR count). The number of halogens is 1. The summed E-state index contributed by atoms with van der Waals surface area (Å²) in [6, 6.07) is 2.12. The first-order valence-electron chi connectivity index (χ1n) is 11.6. The van der Waals surface area contributed by atoms with Crippen LogP contribution in [0.3, 0.4) is 0 Å². The lowest BCUT2D eigenvalue weighted by atomic mass is 10.1. The smallest absolute Gasteiger partial charge is 0.170 e. The van der Waals surface area contributed by atoms with E-state index < -0.39 is 0 Å². The summed E-state index contributed by atoms with van der Waals surface area (Å²) in [4.78, 5) is 9.27. The number of piperazine rings is 1. The van der Waals surface area contributed by atoms with Crippen LogP contribution in [0.25, 0.3) is 5.70 Å². The molecule has 6 nitrogen and oxygen atoms in total. The number of allylic oxidation sites excluding steroid dienone is 3. The average molecular weight is 475 g/mol. The first-order valence-corrected chi connectivity index (χ1v) is 12.6. The second-order valence-corrected chi connectivity index (χ2v) is 8.83. The standard InChI is InChI=1S/C25H39FN6S/c1-7-14-33-30-22(8-2)24(26)25(19(4)5)29-18-23(27-6)20-15-21(17-28-16-20)32-12-10-31(9-3)11-13-32/h8,15-18,27,29-30H,4,7,9-14H2,1-3,5-6H3/b22-8?,23-18-,25-24-. The molecule has 3 N–H and O–H groups in total. The minimum absolute atomic E-state index is 0.347. The van der Waals surface area contributed by atoms with Crippen LogP contribution < -0.4 is 20.3 Å². The lowest BCUT2D eigenvalue weighted by molar-refractivity contribution is 0.271. The van der Waals surface area contributed by atoms with Crippen LogP contribution in [0.5, 0.6) is 0 Å². The van der Waals surface area contributed by atoms with Crippen LogP contribution in [0.15, 0.2) is 60.1 Å². The summed E-state index contributed by atoms with van der Waals surface area (Å²) in [6.07, 6.45) is 8.24. The molecule has 0 saturated carbocycles. The van der Waals surface area contributed by atoms with Gasteiger partial charge in [0.05, 0.1) is 29.0 Å². The third-order valence-electron chi connectivity index (χ3n) is 5.51. The van der Waals surface area contributed by atoms with E-state index in [4.69, 9.17) is 0 Å². The van der Waals surface area contributed by atoms with Gasteiger partial charge in [-0.15, -0.1) is 0 Å². The SMILES string of the molecule is C=C(C)/C(N/C=C(\NC)c1cncc(N2CCN(CC)CC2)c1)=C(/F)C(=CC)NSCCC. The Kier molecular flexibility index (Phi) is 11.3. The molecule has 33 heavy (non-hydrogen) atoms. The molecule has 8 heteroatoms. The van der Waals surface area contributed by atoms with E-state index in [0.29, 0.717) is 17.0 Å². The maximum Gasteiger partial charge on any atom is 0.170 e. The largest absolute Gasteiger partial charge is 0.386 e. The zero-order valence-corrected chi connectivity index (χ0v) is 21.5. The van der Waals surface area contributed by atoms with Crippen LogP contribution in [0.2, 0.25) is 0 Å². The summed E-state index contributed by atoms with van der Waals surface area (Å²) in [7, 11) is 1.85. The van der Waals surface area contributed by atoms with Crippen LogP contribution in [0.1, 0.15) is 39.7 Å². The average Bonchev–Trinajstić information content (AvgIpc) is 2.84. The molecule has 0 aliphatic carbocycles. The van der Waals surface area contributed by atoms with E-state index >= 15 is 4.39 Å². The highest BCUT2D eigenvalue weighted by Gasteiger charge is 2.17. The first kappa shape index (κ1) is 26.8. The van der Waals surface area contributed by atoms with Gasteiger partial charge in [-0.2, -0.15) is 0 Å². The predicted molar refractivity (Wildman–Crippen MR) is 141 cm³/mol. The molecule has 2 heterocycles. The van der Waals surface area contributed by atoms with E-state index in [1.165, 1.54) is 11.9 Å². The van der Waals surface area contributed by atoms with E-state index in [1.807, 2.05) is 26.4 Å². The molecular formula is C25H39FN6S. The van der Waals surface area contributed by atoms with Crippen LogP contribution in [0.4, 0.5) is 10.1 Å². The second kappa shape index (κ2) is 14.0. The van der Waals surface area contributed by atoms with Crippen LogP contribution in [0, 0.1) is 0 Å². The maximum atomic E-state index is 15.3. The number of nitrogens with zero attached hydrogens (tertiary/aromatic N) is 3. The van der Waals surface area contributed by atoms with Crippen molar-refractivity contribution in [2.75, 3.05) is 50.4 Å². The third kappa shape index (κ3) is 7.82. The quantitative estimate of drug-likeness (QED) is 0.232. The van der Waals surface area contributed by atoms with Gasteiger partial charge in [-0.3, -0.25) is 4.98 Å². The van der Waals surface area contributed by atoms with Crippen LogP contribution in [-0.2, 0) is 0 Å². The van der Waals surface area contributed by atoms with Gasteiger partial charge in [-0.05, 0) is 38.5 Å². The minimum Gasteiger partial charge on any atom is -0.386 e. The Morgan fingerprint density at radius 3 is 2.55 bits per heavy atom. The van der Waals surface area contributed by atoms with Gasteiger partial charge in [-0.1, -0.05) is 38.5 Å². The number of anilines is 1. The Hall–Kier alpha value is -2.45. The molecule has 0 amide bonds. The molecule has 182 valence electrons. The number of hydrogen-bond donors (Lipinski definition) is 3. The number of likely N-dealkylation sites (N-methyl/N-ethyl adjacent to an activating group) is 1. The van der Waals surface area contributed by atoms with Gasteiger partial charge in [0, 0.05) is 56.9 Å². The summed E-state index contributed by atoms with van der Waals surface area (Å²) in [6.45, 7) is 17.0. The lowest BCUT2D eigenvalue weighted by Crippen LogP contribution is -2.46. The van der Waals surface area contributed by atoms with E-state index in [2.05, 4.69) is 56.6 Å². The molecule has 0 unspecified atom stereocenters. The highest BCUT2D eigenvalue weighted by molar-refractivity contribution is 7.97. The molecule has 1 aliphatic heterocycles. The van der Waals surface area contributed by atoms with Gasteiger partial charge in [0.15, 0.2) is 5.83 Å². The van der Waals surface area contributed by atoms with Crippen molar-refractivity contribution in [2.45, 2.75) is 34.1 Å². The van der Waals surface area contributed by atoms with Crippen molar-refractivity contribution in [2.24, 2.45) is 0 Å². The van der Waals surface area contributed by atoms with Crippen LogP contribution >= 0.6 is 11.9 Å². The number of nitrogens with one attached hydrogen (secondary N) is 3. The van der Waals surface area contributed by atoms with E-state index in [1.54, 1.807) is 19.2 Å². The van der Waals surface area contributed by atoms with Crippen molar-refractivity contribution in [3.05, 3.63) is 65.7 Å². The third-order valence-corrected chi connectivity index (χ3v) is 6.49. The zero-order chi connectivity index (χ0) is 24.2. The Morgan fingerprint density at radius 2 is 1.97 bits per heavy atom. The Morgan fingerprint density at radius 1 is 1.24 bits per heavy atom. The van der Waals surface area contributed by atoms with Crippen LogP contribution in [-0.4, -0.2) is 55.4 Å². The molecule has 1 aliphatic rings. The number of aromatic nitrogens is 1. The van der Waals surface area contributed by atoms with Crippen molar-refractivity contribution in [1.82, 2.24) is 25.2 Å². The summed E-state index contributed by atoms with van der Waals surface area (Å²) in [5.41, 5.74) is 4.25. The monoisotopic (exact) mass is 474 g/mol. The van der Waals surface area contributed by atoms with Gasteiger partial charge >= 0.3 is 0 Å². The zero-order valence-electron chi connectivity index (χ0n) is 20.7. The summed E-state index contributed by atoms with van der Waals surface area (Å²) >= 11 is 1.49. The molecule has 1 aromatic rings. The number of hydrogen-bond acceptors (Lipinski definition) is 7. The van der Waals surface area contributed by atoms with Gasteiger partial charge in [0.2, 0.25) is 0 Å². The van der Waals surface area contributed by atoms with Crippen molar-refractivity contribution in [1.29, 1.82) is 0 Å². The molecule has 0 aromatic carbocycles. The second-order valence-electron chi connectivity index (χ2n) is 7.93. The van der Waals surface area contributed by atoms with E-state index in [-0.39, 0.29) is 5.83 Å². The topological polar surface area (TPSA) is 55.5 Å². The fourth-order valence-corrected chi connectivity index (χ4v) is 4.15. The molecular weight excluding hydrogens is 435 g/mol. The highest BCUT2D eigenvalue weighted by Crippen LogP contribution is 2.22.